The summed E-state index contributed by atoms with van der Waals surface area (Å²) in [5.74, 6) is 0. The first kappa shape index (κ1) is 14.2. The molecule has 0 spiro atoms. The van der Waals surface area contributed by atoms with Gasteiger partial charge in [-0.05, 0) is 36.8 Å². The van der Waals surface area contributed by atoms with Crippen molar-refractivity contribution in [1.82, 2.24) is 15.1 Å². The minimum Gasteiger partial charge on any atom is -0.396 e. The fourth-order valence-corrected chi connectivity index (χ4v) is 1.91. The lowest BCUT2D eigenvalue weighted by Gasteiger charge is -2.24. The Kier molecular flexibility index (Phi) is 5.65. The van der Waals surface area contributed by atoms with Crippen molar-refractivity contribution in [2.45, 2.75) is 33.1 Å². The Balaban J connectivity index is 2.15. The van der Waals surface area contributed by atoms with Gasteiger partial charge in [0.25, 0.3) is 0 Å². The van der Waals surface area contributed by atoms with Gasteiger partial charge in [-0.15, -0.1) is 0 Å². The molecule has 2 N–H and O–H groups in total. The van der Waals surface area contributed by atoms with Gasteiger partial charge in [0, 0.05) is 26.4 Å². The molecule has 4 nitrogen and oxygen atoms in total. The second-order valence-electron chi connectivity index (χ2n) is 5.44. The second-order valence-corrected chi connectivity index (χ2v) is 5.44. The highest BCUT2D eigenvalue weighted by Gasteiger charge is 2.16. The number of aryl methyl sites for hydroxylation is 1. The van der Waals surface area contributed by atoms with Crippen LogP contribution in [0.2, 0.25) is 0 Å². The molecule has 0 aromatic carbocycles. The van der Waals surface area contributed by atoms with Crippen LogP contribution >= 0.6 is 0 Å². The summed E-state index contributed by atoms with van der Waals surface area (Å²) < 4.78 is 1.83. The number of nitrogens with zero attached hydrogens (tertiary/aromatic N) is 2. The van der Waals surface area contributed by atoms with E-state index in [2.05, 4.69) is 30.5 Å². The summed E-state index contributed by atoms with van der Waals surface area (Å²) in [6.45, 7) is 6.74. The maximum atomic E-state index is 8.82. The lowest BCUT2D eigenvalue weighted by Crippen LogP contribution is -2.31. The maximum absolute atomic E-state index is 8.82. The van der Waals surface area contributed by atoms with Gasteiger partial charge >= 0.3 is 0 Å². The van der Waals surface area contributed by atoms with Crippen molar-refractivity contribution in [3.63, 3.8) is 0 Å². The van der Waals surface area contributed by atoms with Gasteiger partial charge in [0.05, 0.1) is 6.20 Å². The third-order valence-electron chi connectivity index (χ3n) is 2.96. The van der Waals surface area contributed by atoms with E-state index in [1.807, 2.05) is 17.9 Å². The topological polar surface area (TPSA) is 50.1 Å². The maximum Gasteiger partial charge on any atom is 0.0522 e. The zero-order valence-electron chi connectivity index (χ0n) is 11.2. The van der Waals surface area contributed by atoms with Gasteiger partial charge in [0.15, 0.2) is 0 Å². The molecular formula is C13H25N3O. The quantitative estimate of drug-likeness (QED) is 0.673. The van der Waals surface area contributed by atoms with E-state index in [0.29, 0.717) is 6.61 Å². The Morgan fingerprint density at radius 2 is 2.24 bits per heavy atom. The van der Waals surface area contributed by atoms with Crippen molar-refractivity contribution in [3.8, 4) is 0 Å². The summed E-state index contributed by atoms with van der Waals surface area (Å²) in [6, 6.07) is 0. The average molecular weight is 239 g/mol. The molecule has 17 heavy (non-hydrogen) atoms. The third-order valence-corrected chi connectivity index (χ3v) is 2.96. The number of aliphatic hydroxyl groups is 1. The van der Waals surface area contributed by atoms with Crippen LogP contribution in [0.15, 0.2) is 12.4 Å². The van der Waals surface area contributed by atoms with Crippen LogP contribution in [0.3, 0.4) is 0 Å². The van der Waals surface area contributed by atoms with E-state index in [1.54, 1.807) is 0 Å². The second kappa shape index (κ2) is 6.77. The Morgan fingerprint density at radius 3 is 2.82 bits per heavy atom. The number of hydrogen-bond donors (Lipinski definition) is 2. The summed E-state index contributed by atoms with van der Waals surface area (Å²) in [5, 5.41) is 16.4. The molecule has 0 aliphatic rings. The smallest absolute Gasteiger partial charge is 0.0522 e. The number of aliphatic hydroxyl groups excluding tert-OH is 1. The predicted octanol–water partition coefficient (Wildman–Crippen LogP) is 1.35. The number of nitrogens with one attached hydrogen (secondary N) is 1. The monoisotopic (exact) mass is 239 g/mol. The summed E-state index contributed by atoms with van der Waals surface area (Å²) in [6.07, 6.45) is 6.93. The Bertz CT molecular complexity index is 320. The SMILES string of the molecule is Cn1cc(CCNCC(C)(C)CCCO)cn1. The molecule has 1 aromatic heterocycles. The first-order chi connectivity index (χ1) is 8.03. The van der Waals surface area contributed by atoms with E-state index < -0.39 is 0 Å². The van der Waals surface area contributed by atoms with Crippen molar-refractivity contribution >= 4 is 0 Å². The van der Waals surface area contributed by atoms with Crippen LogP contribution in [0.25, 0.3) is 0 Å². The van der Waals surface area contributed by atoms with Gasteiger partial charge in [-0.1, -0.05) is 13.8 Å². The summed E-state index contributed by atoms with van der Waals surface area (Å²) in [5.41, 5.74) is 1.53. The highest BCUT2D eigenvalue weighted by atomic mass is 16.2. The van der Waals surface area contributed by atoms with E-state index in [-0.39, 0.29) is 5.41 Å². The third kappa shape index (κ3) is 5.84. The van der Waals surface area contributed by atoms with Crippen LogP contribution in [0.5, 0.6) is 0 Å². The lowest BCUT2D eigenvalue weighted by atomic mass is 9.88. The molecule has 98 valence electrons. The molecule has 4 heteroatoms. The molecule has 0 fully saturated rings. The standard InChI is InChI=1S/C13H25N3O/c1-13(2,6-4-8-17)11-14-7-5-12-9-15-16(3)10-12/h9-10,14,17H,4-8,11H2,1-3H3. The Morgan fingerprint density at radius 1 is 1.47 bits per heavy atom. The molecule has 1 aromatic rings. The molecule has 0 radical (unpaired) electrons. The molecule has 1 heterocycles. The van der Waals surface area contributed by atoms with E-state index in [0.717, 1.165) is 32.4 Å². The van der Waals surface area contributed by atoms with E-state index >= 15 is 0 Å². The van der Waals surface area contributed by atoms with Gasteiger partial charge in [0.2, 0.25) is 0 Å². The van der Waals surface area contributed by atoms with Gasteiger partial charge in [-0.2, -0.15) is 5.10 Å². The van der Waals surface area contributed by atoms with Gasteiger partial charge in [-0.25, -0.2) is 0 Å². The van der Waals surface area contributed by atoms with E-state index in [4.69, 9.17) is 5.11 Å². The Labute approximate surface area is 104 Å². The van der Waals surface area contributed by atoms with E-state index in [9.17, 15) is 0 Å². The highest BCUT2D eigenvalue weighted by Crippen LogP contribution is 2.20. The average Bonchev–Trinajstić information content (AvgIpc) is 2.68. The molecule has 0 saturated heterocycles. The highest BCUT2D eigenvalue weighted by molar-refractivity contribution is 5.03. The van der Waals surface area contributed by atoms with Crippen LogP contribution in [0.1, 0.15) is 32.3 Å². The predicted molar refractivity (Wildman–Crippen MR) is 69.9 cm³/mol. The largest absolute Gasteiger partial charge is 0.396 e. The van der Waals surface area contributed by atoms with Gasteiger partial charge < -0.3 is 10.4 Å². The van der Waals surface area contributed by atoms with Crippen molar-refractivity contribution in [1.29, 1.82) is 0 Å². The van der Waals surface area contributed by atoms with Crippen molar-refractivity contribution in [2.24, 2.45) is 12.5 Å². The van der Waals surface area contributed by atoms with Gasteiger partial charge in [-0.3, -0.25) is 4.68 Å². The summed E-state index contributed by atoms with van der Waals surface area (Å²) in [4.78, 5) is 0. The van der Waals surface area contributed by atoms with Crippen LogP contribution in [0.4, 0.5) is 0 Å². The molecule has 0 aliphatic carbocycles. The van der Waals surface area contributed by atoms with Crippen LogP contribution in [-0.2, 0) is 13.5 Å². The molecule has 0 aliphatic heterocycles. The van der Waals surface area contributed by atoms with Crippen molar-refractivity contribution < 1.29 is 5.11 Å². The molecular weight excluding hydrogens is 214 g/mol. The Hall–Kier alpha value is -0.870. The molecule has 0 atom stereocenters. The fraction of sp³-hybridized carbons (Fsp3) is 0.769. The zero-order chi connectivity index (χ0) is 12.7. The molecule has 0 bridgehead atoms. The van der Waals surface area contributed by atoms with Crippen LogP contribution in [-0.4, -0.2) is 34.6 Å². The molecule has 0 saturated carbocycles. The molecule has 1 rings (SSSR count). The van der Waals surface area contributed by atoms with Crippen molar-refractivity contribution in [2.75, 3.05) is 19.7 Å². The minimum atomic E-state index is 0.262. The van der Waals surface area contributed by atoms with Crippen molar-refractivity contribution in [3.05, 3.63) is 18.0 Å². The number of rotatable bonds is 8. The normalized spacial score (nSPS) is 12.0. The summed E-state index contributed by atoms with van der Waals surface area (Å²) in [7, 11) is 1.94. The van der Waals surface area contributed by atoms with Crippen LogP contribution < -0.4 is 5.32 Å². The molecule has 0 unspecified atom stereocenters. The first-order valence-electron chi connectivity index (χ1n) is 6.32. The van der Waals surface area contributed by atoms with Crippen LogP contribution in [0, 0.1) is 5.41 Å². The van der Waals surface area contributed by atoms with Gasteiger partial charge in [0.1, 0.15) is 0 Å². The summed E-state index contributed by atoms with van der Waals surface area (Å²) >= 11 is 0. The first-order valence-corrected chi connectivity index (χ1v) is 6.32. The zero-order valence-corrected chi connectivity index (χ0v) is 11.2. The minimum absolute atomic E-state index is 0.262. The fourth-order valence-electron chi connectivity index (χ4n) is 1.91. The number of hydrogen-bond acceptors (Lipinski definition) is 3. The van der Waals surface area contributed by atoms with E-state index in [1.165, 1.54) is 5.56 Å². The molecule has 0 amide bonds. The number of aromatic nitrogens is 2. The lowest BCUT2D eigenvalue weighted by molar-refractivity contribution is 0.237.